The Morgan fingerprint density at radius 3 is 2.43 bits per heavy atom. The van der Waals surface area contributed by atoms with Gasteiger partial charge in [-0.2, -0.15) is 0 Å². The maximum atomic E-state index is 12.8. The van der Waals surface area contributed by atoms with Gasteiger partial charge in [-0.05, 0) is 69.9 Å². The molecule has 2 saturated carbocycles. The Morgan fingerprint density at radius 2 is 1.70 bits per heavy atom. The van der Waals surface area contributed by atoms with E-state index in [1.54, 1.807) is 0 Å². The topological polar surface area (TPSA) is 46.6 Å². The Kier molecular flexibility index (Phi) is 5.73. The van der Waals surface area contributed by atoms with E-state index in [4.69, 9.17) is 0 Å². The summed E-state index contributed by atoms with van der Waals surface area (Å²) in [5.41, 5.74) is 0. The number of methoxy groups -OCH3 is 1. The molecule has 23 heavy (non-hydrogen) atoms. The summed E-state index contributed by atoms with van der Waals surface area (Å²) in [7, 11) is 1.43. The van der Waals surface area contributed by atoms with Gasteiger partial charge in [0.1, 0.15) is 5.78 Å². The van der Waals surface area contributed by atoms with Crippen LogP contribution in [0.1, 0.15) is 64.2 Å². The molecule has 130 valence electrons. The lowest BCUT2D eigenvalue weighted by molar-refractivity contribution is -0.140. The largest absolute Gasteiger partial charge is 0.469 e. The number of hydrogen-bond donors (Lipinski definition) is 0. The van der Waals surface area contributed by atoms with Crippen molar-refractivity contribution in [3.05, 3.63) is 0 Å². The highest BCUT2D eigenvalue weighted by Gasteiger charge is 2.52. The van der Waals surface area contributed by atoms with Crippen LogP contribution in [0.5, 0.6) is 0 Å². The second-order valence-corrected chi connectivity index (χ2v) is 7.70. The first-order valence-corrected chi connectivity index (χ1v) is 9.54. The van der Waals surface area contributed by atoms with E-state index >= 15 is 0 Å². The molecule has 4 nitrogen and oxygen atoms in total. The van der Waals surface area contributed by atoms with E-state index in [0.29, 0.717) is 36.5 Å². The average Bonchev–Trinajstić information content (AvgIpc) is 3.29. The van der Waals surface area contributed by atoms with Crippen LogP contribution in [0.4, 0.5) is 0 Å². The number of unbranched alkanes of at least 4 members (excludes halogenated alkanes) is 2. The number of ether oxygens (including phenoxy) is 1. The number of carbonyl (C=O) groups is 2. The van der Waals surface area contributed by atoms with Gasteiger partial charge in [0.05, 0.1) is 7.11 Å². The molecule has 0 unspecified atom stereocenters. The molecule has 0 N–H and O–H groups in total. The van der Waals surface area contributed by atoms with Crippen LogP contribution in [0, 0.1) is 17.8 Å². The number of carbonyl (C=O) groups excluding carboxylic acids is 2. The maximum absolute atomic E-state index is 12.8. The zero-order valence-electron chi connectivity index (χ0n) is 14.5. The Bertz CT molecular complexity index is 430. The van der Waals surface area contributed by atoms with Gasteiger partial charge in [0.2, 0.25) is 0 Å². The molecule has 3 fully saturated rings. The quantitative estimate of drug-likeness (QED) is 0.509. The van der Waals surface area contributed by atoms with Crippen LogP contribution in [-0.4, -0.2) is 42.9 Å². The fourth-order valence-corrected chi connectivity index (χ4v) is 5.29. The highest BCUT2D eigenvalue weighted by molar-refractivity contribution is 5.82. The molecule has 0 amide bonds. The van der Waals surface area contributed by atoms with Gasteiger partial charge in [-0.15, -0.1) is 0 Å². The lowest BCUT2D eigenvalue weighted by Crippen LogP contribution is -2.45. The van der Waals surface area contributed by atoms with E-state index in [0.717, 1.165) is 25.2 Å². The van der Waals surface area contributed by atoms with Crippen LogP contribution < -0.4 is 0 Å². The van der Waals surface area contributed by atoms with Gasteiger partial charge >= 0.3 is 5.97 Å². The summed E-state index contributed by atoms with van der Waals surface area (Å²) in [6, 6.07) is 0.554. The van der Waals surface area contributed by atoms with Crippen molar-refractivity contribution in [2.24, 2.45) is 17.8 Å². The third kappa shape index (κ3) is 3.78. The molecule has 2 aliphatic carbocycles. The summed E-state index contributed by atoms with van der Waals surface area (Å²) in [5, 5.41) is 0. The molecule has 0 aromatic heterocycles. The van der Waals surface area contributed by atoms with Gasteiger partial charge in [-0.1, -0.05) is 6.42 Å². The number of hydrogen-bond acceptors (Lipinski definition) is 4. The third-order valence-electron chi connectivity index (χ3n) is 6.34. The molecule has 0 spiro atoms. The van der Waals surface area contributed by atoms with Gasteiger partial charge < -0.3 is 4.74 Å². The number of fused-ring (bicyclic) bond motifs is 2. The first kappa shape index (κ1) is 16.9. The van der Waals surface area contributed by atoms with E-state index < -0.39 is 0 Å². The predicted molar refractivity (Wildman–Crippen MR) is 89.0 cm³/mol. The number of nitrogens with zero attached hydrogens (tertiary/aromatic N) is 1. The molecule has 0 aromatic rings. The van der Waals surface area contributed by atoms with Crippen LogP contribution in [0.15, 0.2) is 0 Å². The molecule has 1 heterocycles. The molecule has 0 radical (unpaired) electrons. The second kappa shape index (κ2) is 7.78. The van der Waals surface area contributed by atoms with Gasteiger partial charge in [0.15, 0.2) is 0 Å². The molecule has 1 aliphatic heterocycles. The van der Waals surface area contributed by atoms with Crippen LogP contribution in [0.25, 0.3) is 0 Å². The van der Waals surface area contributed by atoms with Gasteiger partial charge in [0.25, 0.3) is 0 Å². The fraction of sp³-hybridized carbons (Fsp3) is 0.895. The first-order chi connectivity index (χ1) is 11.2. The van der Waals surface area contributed by atoms with Crippen molar-refractivity contribution in [1.29, 1.82) is 0 Å². The molecule has 2 bridgehead atoms. The lowest BCUT2D eigenvalue weighted by Gasteiger charge is -2.37. The molecule has 0 aromatic carbocycles. The minimum atomic E-state index is -0.140. The van der Waals surface area contributed by atoms with E-state index in [9.17, 15) is 9.59 Å². The van der Waals surface area contributed by atoms with E-state index in [-0.39, 0.29) is 5.97 Å². The maximum Gasteiger partial charge on any atom is 0.305 e. The molecule has 3 aliphatic rings. The third-order valence-corrected chi connectivity index (χ3v) is 6.34. The van der Waals surface area contributed by atoms with Crippen LogP contribution >= 0.6 is 0 Å². The summed E-state index contributed by atoms with van der Waals surface area (Å²) in [6.45, 7) is 2.41. The van der Waals surface area contributed by atoms with Crippen LogP contribution in [-0.2, 0) is 14.3 Å². The Balaban J connectivity index is 1.46. The Labute approximate surface area is 139 Å². The van der Waals surface area contributed by atoms with Crippen molar-refractivity contribution in [1.82, 2.24) is 4.90 Å². The van der Waals surface area contributed by atoms with Crippen LogP contribution in [0.2, 0.25) is 0 Å². The molecule has 3 rings (SSSR count). The zero-order valence-corrected chi connectivity index (χ0v) is 14.5. The minimum absolute atomic E-state index is 0.140. The number of Topliss-reactive ketones (excluding diaryl/α,β-unsaturated/α-hetero) is 1. The summed E-state index contributed by atoms with van der Waals surface area (Å²) in [4.78, 5) is 26.6. The smallest absolute Gasteiger partial charge is 0.305 e. The zero-order chi connectivity index (χ0) is 16.2. The van der Waals surface area contributed by atoms with E-state index in [1.165, 1.54) is 52.3 Å². The minimum Gasteiger partial charge on any atom is -0.469 e. The summed E-state index contributed by atoms with van der Waals surface area (Å²) in [5.74, 6) is 2.12. The second-order valence-electron chi connectivity index (χ2n) is 7.70. The molecule has 4 atom stereocenters. The monoisotopic (exact) mass is 321 g/mol. The Morgan fingerprint density at radius 1 is 1.00 bits per heavy atom. The summed E-state index contributed by atoms with van der Waals surface area (Å²) in [6.07, 6.45) is 10.4. The van der Waals surface area contributed by atoms with Crippen LogP contribution in [0.3, 0.4) is 0 Å². The first-order valence-electron chi connectivity index (χ1n) is 9.54. The number of likely N-dealkylation sites (tertiary alicyclic amines) is 1. The highest BCUT2D eigenvalue weighted by atomic mass is 16.5. The van der Waals surface area contributed by atoms with Gasteiger partial charge in [-0.3, -0.25) is 14.5 Å². The van der Waals surface area contributed by atoms with E-state index in [2.05, 4.69) is 9.64 Å². The number of esters is 1. The molecular weight excluding hydrogens is 290 g/mol. The molecule has 1 saturated heterocycles. The predicted octanol–water partition coefficient (Wildman–Crippen LogP) is 3.19. The normalized spacial score (nSPS) is 33.3. The highest BCUT2D eigenvalue weighted by Crippen LogP contribution is 2.51. The van der Waals surface area contributed by atoms with Crippen molar-refractivity contribution >= 4 is 11.8 Å². The summed E-state index contributed by atoms with van der Waals surface area (Å²) < 4.78 is 4.65. The number of ketones is 1. The van der Waals surface area contributed by atoms with Gasteiger partial charge in [0, 0.05) is 24.8 Å². The Hall–Kier alpha value is -0.900. The van der Waals surface area contributed by atoms with Crippen molar-refractivity contribution in [3.63, 3.8) is 0 Å². The van der Waals surface area contributed by atoms with Gasteiger partial charge in [-0.25, -0.2) is 0 Å². The standard InChI is InChI=1S/C19H31NO3/c1-23-17(22)8-4-2-3-7-16(21)18-14-9-10-15(13-14)19(18)20-11-5-6-12-20/h14-15,18-19H,2-13H2,1H3/t14-,15+,18+,19-/m0/s1. The number of rotatable bonds is 8. The van der Waals surface area contributed by atoms with Crippen molar-refractivity contribution in [3.8, 4) is 0 Å². The average molecular weight is 321 g/mol. The lowest BCUT2D eigenvalue weighted by atomic mass is 9.79. The van der Waals surface area contributed by atoms with E-state index in [1.807, 2.05) is 0 Å². The van der Waals surface area contributed by atoms with Crippen molar-refractivity contribution in [2.45, 2.75) is 70.3 Å². The SMILES string of the molecule is COC(=O)CCCCCC(=O)[C@H]1[C@H]2CC[C@H](C2)[C@@H]1N1CCCC1. The molecular formula is C19H31NO3. The van der Waals surface area contributed by atoms with Crippen molar-refractivity contribution < 1.29 is 14.3 Å². The fourth-order valence-electron chi connectivity index (χ4n) is 5.29. The summed E-state index contributed by atoms with van der Waals surface area (Å²) >= 11 is 0. The molecule has 4 heteroatoms. The van der Waals surface area contributed by atoms with Crippen molar-refractivity contribution in [2.75, 3.05) is 20.2 Å².